The van der Waals surface area contributed by atoms with E-state index >= 15 is 0 Å². The van der Waals surface area contributed by atoms with Gasteiger partial charge in [-0.05, 0) is 158 Å². The fourth-order valence-corrected chi connectivity index (χ4v) is 8.45. The molecular weight excluding hydrogens is 821 g/mol. The van der Waals surface area contributed by atoms with E-state index in [2.05, 4.69) is 58.0 Å². The Morgan fingerprint density at radius 3 is 1.30 bits per heavy atom. The van der Waals surface area contributed by atoms with Gasteiger partial charge in [0.15, 0.2) is 5.78 Å². The molecule has 0 aliphatic heterocycles. The van der Waals surface area contributed by atoms with E-state index in [9.17, 15) is 4.79 Å². The van der Waals surface area contributed by atoms with Gasteiger partial charge in [0.05, 0.1) is 45.5 Å². The number of carbonyl (C=O) groups is 1. The van der Waals surface area contributed by atoms with Gasteiger partial charge in [0.1, 0.15) is 28.6 Å². The molecule has 1 aromatic heterocycles. The van der Waals surface area contributed by atoms with Crippen LogP contribution in [0.4, 0.5) is 34.1 Å². The number of carbonyl (C=O) groups excluding carboxylic acids is 1. The molecule has 0 fully saturated rings. The summed E-state index contributed by atoms with van der Waals surface area (Å²) in [6.07, 6.45) is 0. The van der Waals surface area contributed by atoms with Crippen LogP contribution in [0.25, 0.3) is 33.4 Å². The van der Waals surface area contributed by atoms with Gasteiger partial charge in [0.25, 0.3) is 0 Å². The molecule has 0 N–H and O–H groups in total. The maximum Gasteiger partial charge on any atom is 0.371 e. The second-order valence-corrected chi connectivity index (χ2v) is 15.6. The highest BCUT2D eigenvalue weighted by Gasteiger charge is 2.36. The van der Waals surface area contributed by atoms with E-state index in [4.69, 9.17) is 23.4 Å². The normalized spacial score (nSPS) is 11.2. The lowest BCUT2D eigenvalue weighted by Gasteiger charge is -2.25. The molecule has 1 aliphatic carbocycles. The van der Waals surface area contributed by atoms with Crippen LogP contribution in [0.3, 0.4) is 0 Å². The van der Waals surface area contributed by atoms with Gasteiger partial charge in [-0.3, -0.25) is 4.79 Å². The number of benzene rings is 8. The van der Waals surface area contributed by atoms with Crippen LogP contribution in [0.15, 0.2) is 192 Å². The van der Waals surface area contributed by atoms with Crippen LogP contribution < -0.4 is 28.7 Å². The first-order chi connectivity index (χ1) is 32.4. The smallest absolute Gasteiger partial charge is 0.371 e. The predicted molar refractivity (Wildman–Crippen MR) is 263 cm³/mol. The van der Waals surface area contributed by atoms with Gasteiger partial charge in [-0.2, -0.15) is 0 Å². The molecule has 1 aliphatic rings. The van der Waals surface area contributed by atoms with E-state index in [1.54, 1.807) is 28.4 Å². The van der Waals surface area contributed by atoms with E-state index in [-0.39, 0.29) is 5.78 Å². The largest absolute Gasteiger partial charge is 0.497 e. The molecule has 320 valence electrons. The molecule has 0 amide bonds. The first-order valence-electron chi connectivity index (χ1n) is 21.4. The maximum absolute atomic E-state index is 14.2. The van der Waals surface area contributed by atoms with Crippen LogP contribution in [0, 0.1) is 11.8 Å². The molecule has 0 atom stereocenters. The summed E-state index contributed by atoms with van der Waals surface area (Å²) in [6.45, 7) is 0. The lowest BCUT2D eigenvalue weighted by molar-refractivity contribution is 0.103. The quantitative estimate of drug-likeness (QED) is 0.0940. The lowest BCUT2D eigenvalue weighted by atomic mass is 9.84. The summed E-state index contributed by atoms with van der Waals surface area (Å²) in [6, 6.07) is 61.8. The van der Waals surface area contributed by atoms with Crippen LogP contribution in [0.5, 0.6) is 23.0 Å². The van der Waals surface area contributed by atoms with Crippen molar-refractivity contribution in [2.24, 2.45) is 0 Å². The summed E-state index contributed by atoms with van der Waals surface area (Å²) in [4.78, 5) is 18.5. The van der Waals surface area contributed by atoms with E-state index in [1.165, 1.54) is 0 Å². The molecule has 1 heterocycles. The zero-order valence-corrected chi connectivity index (χ0v) is 36.7. The highest BCUT2D eigenvalue weighted by Crippen LogP contribution is 2.45. The Morgan fingerprint density at radius 2 is 0.848 bits per heavy atom. The van der Waals surface area contributed by atoms with Crippen LogP contribution in [0.2, 0.25) is 0 Å². The van der Waals surface area contributed by atoms with Gasteiger partial charge in [-0.1, -0.05) is 36.1 Å². The Bertz CT molecular complexity index is 3190. The molecule has 66 heavy (non-hydrogen) atoms. The maximum atomic E-state index is 14.2. The van der Waals surface area contributed by atoms with Crippen molar-refractivity contribution in [3.63, 3.8) is 0 Å². The molecule has 8 aromatic carbocycles. The van der Waals surface area contributed by atoms with Crippen LogP contribution in [-0.2, 0) is 0 Å². The first kappa shape index (κ1) is 41.2. The van der Waals surface area contributed by atoms with Crippen molar-refractivity contribution in [3.05, 3.63) is 210 Å². The van der Waals surface area contributed by atoms with E-state index in [0.717, 1.165) is 79.0 Å². The molecule has 10 rings (SSSR count). The van der Waals surface area contributed by atoms with Crippen LogP contribution in [0.1, 0.15) is 27.0 Å². The van der Waals surface area contributed by atoms with Gasteiger partial charge >= 0.3 is 11.5 Å². The van der Waals surface area contributed by atoms with Crippen molar-refractivity contribution in [2.75, 3.05) is 38.2 Å². The topological polar surface area (TPSA) is 71.8 Å². The standard InChI is InChI=1S/C58H43N2O6/c1-62-48-29-21-44(22-30-48)59(45-23-31-49(63-2)32-24-45)42-17-12-38(13-18-42)11-14-40-7-5-9-52-55(40)58-56-41(8-6-10-53(56)57(52)61)37-54(66-58)39-15-19-43(20-16-39)60(46-25-33-50(64-3)34-26-46)47-27-35-51(65-4)36-28-47/h5-10,12-13,15-37H,1-4H3/q+1. The molecule has 0 radical (unpaired) electrons. The Morgan fingerprint density at radius 1 is 0.439 bits per heavy atom. The second kappa shape index (κ2) is 17.8. The number of fused-ring (bicyclic) bond motifs is 2. The summed E-state index contributed by atoms with van der Waals surface area (Å²) >= 11 is 0. The van der Waals surface area contributed by atoms with E-state index in [0.29, 0.717) is 33.8 Å². The van der Waals surface area contributed by atoms with Crippen molar-refractivity contribution >= 4 is 50.7 Å². The minimum Gasteiger partial charge on any atom is -0.497 e. The Balaban J connectivity index is 1.01. The predicted octanol–water partition coefficient (Wildman–Crippen LogP) is 14.0. The van der Waals surface area contributed by atoms with Gasteiger partial charge in [0, 0.05) is 61.8 Å². The molecule has 0 saturated heterocycles. The summed E-state index contributed by atoms with van der Waals surface area (Å²) in [5, 5.41) is 1.68. The van der Waals surface area contributed by atoms with Gasteiger partial charge in [-0.25, -0.2) is 4.42 Å². The van der Waals surface area contributed by atoms with Gasteiger partial charge in [0.2, 0.25) is 0 Å². The number of hydrogen-bond donors (Lipinski definition) is 0. The average molecular weight is 864 g/mol. The summed E-state index contributed by atoms with van der Waals surface area (Å²) in [7, 11) is 6.65. The zero-order chi connectivity index (χ0) is 45.1. The molecule has 0 unspecified atom stereocenters. The summed E-state index contributed by atoms with van der Waals surface area (Å²) in [5.74, 6) is 11.1. The Labute approximate surface area is 383 Å². The van der Waals surface area contributed by atoms with Gasteiger partial charge in [-0.15, -0.1) is 0 Å². The fraction of sp³-hybridized carbons (Fsp3) is 0.0690. The van der Waals surface area contributed by atoms with Crippen molar-refractivity contribution in [2.45, 2.75) is 0 Å². The van der Waals surface area contributed by atoms with Crippen molar-refractivity contribution in [1.82, 2.24) is 0 Å². The van der Waals surface area contributed by atoms with Crippen molar-refractivity contribution in [1.29, 1.82) is 0 Å². The highest BCUT2D eigenvalue weighted by atomic mass is 16.5. The number of ether oxygens (including phenoxy) is 4. The molecule has 9 aromatic rings. The SMILES string of the molecule is COc1ccc(N(c2ccc(C#Cc3cccc4c3-c3[o+]c(-c5ccc(N(c6ccc(OC)cc6)c6ccc(OC)cc6)cc5)cc5cccc(c35)C4=O)cc2)c2ccc(OC)cc2)cc1. The number of hydrogen-bond acceptors (Lipinski definition) is 7. The zero-order valence-electron chi connectivity index (χ0n) is 36.7. The summed E-state index contributed by atoms with van der Waals surface area (Å²) < 4.78 is 28.7. The molecular formula is C58H43N2O6+. The Kier molecular flexibility index (Phi) is 11.1. The number of methoxy groups -OCH3 is 4. The number of nitrogens with zero attached hydrogens (tertiary/aromatic N) is 2. The number of rotatable bonds is 11. The molecule has 0 saturated carbocycles. The summed E-state index contributed by atoms with van der Waals surface area (Å²) in [5.41, 5.74) is 10.0. The minimum absolute atomic E-state index is 0.0577. The van der Waals surface area contributed by atoms with Crippen LogP contribution >= 0.6 is 0 Å². The van der Waals surface area contributed by atoms with Crippen molar-refractivity contribution < 1.29 is 28.2 Å². The Hall–Kier alpha value is -8.80. The minimum atomic E-state index is -0.0577. The van der Waals surface area contributed by atoms with E-state index < -0.39 is 0 Å². The van der Waals surface area contributed by atoms with Crippen LogP contribution in [-0.4, -0.2) is 34.2 Å². The van der Waals surface area contributed by atoms with E-state index in [1.807, 2.05) is 152 Å². The third-order valence-corrected chi connectivity index (χ3v) is 11.8. The second-order valence-electron chi connectivity index (χ2n) is 15.6. The lowest BCUT2D eigenvalue weighted by Crippen LogP contribution is -2.11. The number of anilines is 6. The molecule has 0 bridgehead atoms. The highest BCUT2D eigenvalue weighted by molar-refractivity contribution is 6.25. The first-order valence-corrected chi connectivity index (χ1v) is 21.4. The fourth-order valence-electron chi connectivity index (χ4n) is 8.45. The monoisotopic (exact) mass is 863 g/mol. The van der Waals surface area contributed by atoms with Gasteiger partial charge < -0.3 is 28.7 Å². The third kappa shape index (κ3) is 7.80. The van der Waals surface area contributed by atoms with Crippen molar-refractivity contribution in [3.8, 4) is 57.5 Å². The average Bonchev–Trinajstić information content (AvgIpc) is 3.38. The molecule has 8 heteroatoms. The third-order valence-electron chi connectivity index (χ3n) is 11.8. The number of ketones is 1. The molecule has 8 nitrogen and oxygen atoms in total. The molecule has 0 spiro atoms.